The van der Waals surface area contributed by atoms with E-state index in [0.717, 1.165) is 0 Å². The van der Waals surface area contributed by atoms with Crippen LogP contribution in [-0.2, 0) is 0 Å². The molecule has 4 nitrogen and oxygen atoms in total. The number of rotatable bonds is 2. The maximum absolute atomic E-state index is 11.6. The van der Waals surface area contributed by atoms with Crippen molar-refractivity contribution in [2.45, 2.75) is 19.8 Å². The van der Waals surface area contributed by atoms with Gasteiger partial charge in [-0.25, -0.2) is 4.79 Å². The summed E-state index contributed by atoms with van der Waals surface area (Å²) in [5, 5.41) is 20.3. The number of aromatic carboxylic acids is 1. The highest BCUT2D eigenvalue weighted by molar-refractivity contribution is 5.92. The molecule has 0 unspecified atom stereocenters. The summed E-state index contributed by atoms with van der Waals surface area (Å²) in [6, 6.07) is 2.72. The van der Waals surface area contributed by atoms with Gasteiger partial charge in [-0.3, -0.25) is 0 Å². The van der Waals surface area contributed by atoms with Crippen molar-refractivity contribution in [3.05, 3.63) is 23.3 Å². The van der Waals surface area contributed by atoms with Gasteiger partial charge >= 0.3 is 5.97 Å². The van der Waals surface area contributed by atoms with Crippen molar-refractivity contribution in [1.82, 2.24) is 0 Å². The first kappa shape index (κ1) is 10.4. The maximum Gasteiger partial charge on any atom is 0.335 e. The molecule has 4 heteroatoms. The second-order valence-electron chi connectivity index (χ2n) is 3.45. The van der Waals surface area contributed by atoms with E-state index in [1.54, 1.807) is 0 Å². The zero-order chi connectivity index (χ0) is 10.9. The lowest BCUT2D eigenvalue weighted by Gasteiger charge is -2.19. The van der Waals surface area contributed by atoms with Crippen LogP contribution in [0.3, 0.4) is 0 Å². The molecule has 0 fully saturated rings. The van der Waals surface area contributed by atoms with Crippen LogP contribution in [0.5, 0.6) is 5.75 Å². The molecule has 0 aliphatic carbocycles. The van der Waals surface area contributed by atoms with Crippen LogP contribution in [0.2, 0.25) is 0 Å². The Morgan fingerprint density at radius 3 is 2.50 bits per heavy atom. The molecule has 76 valence electrons. The molecular weight excluding hydrogens is 182 g/mol. The average molecular weight is 194 g/mol. The Morgan fingerprint density at radius 2 is 2.07 bits per heavy atom. The Labute approximate surface area is 82.0 Å². The quantitative estimate of drug-likeness (QED) is 0.692. The van der Waals surface area contributed by atoms with Gasteiger partial charge in [-0.05, 0) is 18.1 Å². The Bertz CT molecular complexity index is 372. The minimum Gasteiger partial charge on any atom is -0.872 e. The Balaban J connectivity index is 3.40. The summed E-state index contributed by atoms with van der Waals surface area (Å²) < 4.78 is 0. The van der Waals surface area contributed by atoms with Gasteiger partial charge < -0.3 is 15.9 Å². The smallest absolute Gasteiger partial charge is 0.335 e. The normalized spacial score (nSPS) is 10.5. The number of carboxylic acid groups (broad SMARTS) is 1. The van der Waals surface area contributed by atoms with Crippen molar-refractivity contribution in [2.75, 3.05) is 5.73 Å². The van der Waals surface area contributed by atoms with Crippen molar-refractivity contribution >= 4 is 11.7 Å². The van der Waals surface area contributed by atoms with E-state index in [2.05, 4.69) is 0 Å². The summed E-state index contributed by atoms with van der Waals surface area (Å²) in [6.07, 6.45) is 0. The fraction of sp³-hybridized carbons (Fsp3) is 0.300. The van der Waals surface area contributed by atoms with Crippen molar-refractivity contribution in [3.8, 4) is 5.75 Å². The van der Waals surface area contributed by atoms with Gasteiger partial charge in [0.25, 0.3) is 0 Å². The van der Waals surface area contributed by atoms with E-state index in [1.807, 2.05) is 13.8 Å². The first-order valence-corrected chi connectivity index (χ1v) is 4.27. The molecule has 0 aliphatic rings. The van der Waals surface area contributed by atoms with E-state index in [0.29, 0.717) is 11.3 Å². The number of hydrogen-bond donors (Lipinski definition) is 2. The highest BCUT2D eigenvalue weighted by atomic mass is 16.4. The van der Waals surface area contributed by atoms with Gasteiger partial charge in [0.1, 0.15) is 0 Å². The third-order valence-electron chi connectivity index (χ3n) is 1.99. The lowest BCUT2D eigenvalue weighted by molar-refractivity contribution is -0.270. The van der Waals surface area contributed by atoms with E-state index in [4.69, 9.17) is 10.8 Å². The molecule has 0 bridgehead atoms. The number of anilines is 1. The Morgan fingerprint density at radius 1 is 1.50 bits per heavy atom. The average Bonchev–Trinajstić information content (AvgIpc) is 2.07. The van der Waals surface area contributed by atoms with Crippen LogP contribution in [0.15, 0.2) is 12.1 Å². The topological polar surface area (TPSA) is 86.4 Å². The van der Waals surface area contributed by atoms with Gasteiger partial charge in [-0.1, -0.05) is 25.2 Å². The van der Waals surface area contributed by atoms with E-state index in [9.17, 15) is 9.90 Å². The molecule has 0 heterocycles. The third-order valence-corrected chi connectivity index (χ3v) is 1.99. The minimum atomic E-state index is -1.23. The third kappa shape index (κ3) is 1.79. The molecule has 14 heavy (non-hydrogen) atoms. The Hall–Kier alpha value is -1.71. The maximum atomic E-state index is 11.6. The molecule has 0 spiro atoms. The summed E-state index contributed by atoms with van der Waals surface area (Å²) in [5.41, 5.74) is 6.00. The number of nitrogens with two attached hydrogens (primary N) is 1. The minimum absolute atomic E-state index is 0.0240. The molecule has 3 N–H and O–H groups in total. The number of carbonyl (C=O) groups is 1. The molecular formula is C10H12NO3-. The van der Waals surface area contributed by atoms with Crippen molar-refractivity contribution < 1.29 is 15.0 Å². The van der Waals surface area contributed by atoms with E-state index >= 15 is 0 Å². The van der Waals surface area contributed by atoms with Gasteiger partial charge in [0.05, 0.1) is 5.56 Å². The molecule has 0 atom stereocenters. The zero-order valence-electron chi connectivity index (χ0n) is 8.07. The fourth-order valence-electron chi connectivity index (χ4n) is 1.26. The van der Waals surface area contributed by atoms with E-state index < -0.39 is 11.7 Å². The van der Waals surface area contributed by atoms with Gasteiger partial charge in [0.2, 0.25) is 0 Å². The monoisotopic (exact) mass is 194 g/mol. The lowest BCUT2D eigenvalue weighted by atomic mass is 9.98. The second-order valence-corrected chi connectivity index (χ2v) is 3.45. The summed E-state index contributed by atoms with van der Waals surface area (Å²) in [7, 11) is 0. The van der Waals surface area contributed by atoms with Crippen LogP contribution in [0.25, 0.3) is 0 Å². The van der Waals surface area contributed by atoms with Crippen molar-refractivity contribution in [1.29, 1.82) is 0 Å². The van der Waals surface area contributed by atoms with Crippen LogP contribution < -0.4 is 10.8 Å². The highest BCUT2D eigenvalue weighted by Crippen LogP contribution is 2.29. The number of benzene rings is 1. The zero-order valence-corrected chi connectivity index (χ0v) is 8.07. The van der Waals surface area contributed by atoms with Crippen LogP contribution in [-0.4, -0.2) is 11.1 Å². The molecule has 0 saturated carbocycles. The number of carboxylic acids is 1. The first-order valence-electron chi connectivity index (χ1n) is 4.27. The summed E-state index contributed by atoms with van der Waals surface area (Å²) in [6.45, 7) is 3.64. The van der Waals surface area contributed by atoms with Gasteiger partial charge in [-0.15, -0.1) is 0 Å². The van der Waals surface area contributed by atoms with E-state index in [1.165, 1.54) is 12.1 Å². The number of hydrogen-bond acceptors (Lipinski definition) is 3. The molecule has 0 aliphatic heterocycles. The summed E-state index contributed by atoms with van der Waals surface area (Å²) in [5.74, 6) is -1.70. The van der Waals surface area contributed by atoms with Crippen molar-refractivity contribution in [2.24, 2.45) is 0 Å². The van der Waals surface area contributed by atoms with Gasteiger partial charge in [0.15, 0.2) is 0 Å². The molecule has 0 saturated heterocycles. The Kier molecular flexibility index (Phi) is 2.65. The molecule has 1 rings (SSSR count). The summed E-state index contributed by atoms with van der Waals surface area (Å²) in [4.78, 5) is 10.7. The molecule has 0 radical (unpaired) electrons. The second kappa shape index (κ2) is 3.57. The first-order chi connectivity index (χ1) is 6.43. The van der Waals surface area contributed by atoms with Crippen LogP contribution in [0, 0.1) is 0 Å². The highest BCUT2D eigenvalue weighted by Gasteiger charge is 2.10. The largest absolute Gasteiger partial charge is 0.872 e. The molecule has 0 aromatic heterocycles. The van der Waals surface area contributed by atoms with E-state index in [-0.39, 0.29) is 11.5 Å². The predicted molar refractivity (Wildman–Crippen MR) is 51.3 cm³/mol. The van der Waals surface area contributed by atoms with Crippen LogP contribution >= 0.6 is 0 Å². The fourth-order valence-corrected chi connectivity index (χ4v) is 1.26. The van der Waals surface area contributed by atoms with Crippen molar-refractivity contribution in [3.63, 3.8) is 0 Å². The van der Waals surface area contributed by atoms with Gasteiger partial charge in [0, 0.05) is 5.69 Å². The molecule has 0 amide bonds. The predicted octanol–water partition coefficient (Wildman–Crippen LogP) is 1.16. The van der Waals surface area contributed by atoms with Crippen LogP contribution in [0.1, 0.15) is 35.7 Å². The SMILES string of the molecule is CC(C)c1cc(N)cc(C(=O)O)c1[O-]. The number of nitrogen functional groups attached to an aromatic ring is 1. The lowest BCUT2D eigenvalue weighted by Crippen LogP contribution is -2.09. The van der Waals surface area contributed by atoms with Gasteiger partial charge in [-0.2, -0.15) is 0 Å². The summed E-state index contributed by atoms with van der Waals surface area (Å²) >= 11 is 0. The molecule has 1 aromatic carbocycles. The standard InChI is InChI=1S/C10H13NO3/c1-5(2)7-3-6(11)4-8(9(7)12)10(13)14/h3-5,12H,11H2,1-2H3,(H,13,14)/p-1. The molecule has 1 aromatic rings. The van der Waals surface area contributed by atoms with Crippen LogP contribution in [0.4, 0.5) is 5.69 Å².